The molecule has 0 aromatic heterocycles. The third kappa shape index (κ3) is 2.39. The summed E-state index contributed by atoms with van der Waals surface area (Å²) >= 11 is 0. The summed E-state index contributed by atoms with van der Waals surface area (Å²) in [5, 5.41) is 20.8. The van der Waals surface area contributed by atoms with E-state index < -0.39 is 0 Å². The van der Waals surface area contributed by atoms with Crippen LogP contribution in [-0.2, 0) is 12.8 Å². The standard InChI is InChI=1S/C22H27NO3/c1-12-8-15-14(11-17(12)24)9-16-19-13(6-7-23(16)22(2,3)4)10-18(25)21(26-5)20(15)19/h8,10-11,16,24-25H,6-7,9H2,1-5H3. The number of hydrogen-bond donors (Lipinski definition) is 2. The van der Waals surface area contributed by atoms with Crippen LogP contribution in [0.3, 0.4) is 0 Å². The molecule has 4 nitrogen and oxygen atoms in total. The summed E-state index contributed by atoms with van der Waals surface area (Å²) in [5.41, 5.74) is 6.52. The van der Waals surface area contributed by atoms with Gasteiger partial charge in [-0.1, -0.05) is 0 Å². The second-order valence-electron chi connectivity index (χ2n) is 8.51. The zero-order valence-electron chi connectivity index (χ0n) is 16.2. The van der Waals surface area contributed by atoms with Crippen molar-refractivity contribution in [2.45, 2.75) is 52.1 Å². The van der Waals surface area contributed by atoms with E-state index in [1.165, 1.54) is 11.1 Å². The molecule has 1 unspecified atom stereocenters. The molecule has 4 heteroatoms. The quantitative estimate of drug-likeness (QED) is 0.801. The van der Waals surface area contributed by atoms with Crippen molar-refractivity contribution in [3.05, 3.63) is 40.5 Å². The van der Waals surface area contributed by atoms with Crippen LogP contribution in [0.5, 0.6) is 17.2 Å². The molecule has 0 radical (unpaired) electrons. The van der Waals surface area contributed by atoms with Crippen LogP contribution in [0.2, 0.25) is 0 Å². The number of nitrogens with zero attached hydrogens (tertiary/aromatic N) is 1. The van der Waals surface area contributed by atoms with E-state index in [4.69, 9.17) is 4.74 Å². The van der Waals surface area contributed by atoms with Gasteiger partial charge in [-0.05, 0) is 86.6 Å². The van der Waals surface area contributed by atoms with Gasteiger partial charge in [0.05, 0.1) is 7.11 Å². The largest absolute Gasteiger partial charge is 0.508 e. The summed E-state index contributed by atoms with van der Waals surface area (Å²) in [5.74, 6) is 1.06. The van der Waals surface area contributed by atoms with Crippen LogP contribution < -0.4 is 4.74 Å². The number of phenolic OH excluding ortho intramolecular Hbond substituents is 2. The number of phenols is 2. The first-order valence-corrected chi connectivity index (χ1v) is 9.24. The van der Waals surface area contributed by atoms with Crippen LogP contribution in [0.4, 0.5) is 0 Å². The lowest BCUT2D eigenvalue weighted by molar-refractivity contribution is 0.0720. The van der Waals surface area contributed by atoms with Crippen LogP contribution in [-0.4, -0.2) is 34.3 Å². The number of fused-ring (bicyclic) bond motifs is 2. The Balaban J connectivity index is 2.05. The number of rotatable bonds is 1. The van der Waals surface area contributed by atoms with Crippen molar-refractivity contribution in [3.8, 4) is 28.4 Å². The maximum atomic E-state index is 10.6. The molecule has 2 aromatic rings. The van der Waals surface area contributed by atoms with Gasteiger partial charge in [0.1, 0.15) is 5.75 Å². The molecule has 138 valence electrons. The molecule has 1 aliphatic carbocycles. The van der Waals surface area contributed by atoms with E-state index in [9.17, 15) is 10.2 Å². The highest BCUT2D eigenvalue weighted by molar-refractivity contribution is 5.84. The first-order chi connectivity index (χ1) is 12.2. The molecule has 2 aromatic carbocycles. The molecule has 1 atom stereocenters. The number of methoxy groups -OCH3 is 1. The van der Waals surface area contributed by atoms with Crippen molar-refractivity contribution >= 4 is 0 Å². The van der Waals surface area contributed by atoms with Crippen LogP contribution in [0.25, 0.3) is 11.1 Å². The third-order valence-corrected chi connectivity index (χ3v) is 5.89. The predicted molar refractivity (Wildman–Crippen MR) is 103 cm³/mol. The van der Waals surface area contributed by atoms with E-state index >= 15 is 0 Å². The van der Waals surface area contributed by atoms with E-state index in [0.29, 0.717) is 11.5 Å². The number of aryl methyl sites for hydroxylation is 1. The first kappa shape index (κ1) is 17.2. The lowest BCUT2D eigenvalue weighted by Gasteiger charge is -2.48. The highest BCUT2D eigenvalue weighted by Gasteiger charge is 2.40. The zero-order valence-corrected chi connectivity index (χ0v) is 16.2. The van der Waals surface area contributed by atoms with E-state index in [0.717, 1.165) is 41.6 Å². The van der Waals surface area contributed by atoms with E-state index in [1.54, 1.807) is 7.11 Å². The molecule has 2 N–H and O–H groups in total. The van der Waals surface area contributed by atoms with Crippen molar-refractivity contribution < 1.29 is 14.9 Å². The second-order valence-corrected chi connectivity index (χ2v) is 8.51. The van der Waals surface area contributed by atoms with Crippen molar-refractivity contribution in [3.63, 3.8) is 0 Å². The third-order valence-electron chi connectivity index (χ3n) is 5.89. The molecule has 1 aliphatic heterocycles. The highest BCUT2D eigenvalue weighted by atomic mass is 16.5. The van der Waals surface area contributed by atoms with Gasteiger partial charge in [-0.15, -0.1) is 0 Å². The SMILES string of the molecule is COc1c(O)cc2c3c1-c1cc(C)c(O)cc1CC3N(C(C)(C)C)CC2. The topological polar surface area (TPSA) is 52.9 Å². The van der Waals surface area contributed by atoms with Crippen LogP contribution in [0, 0.1) is 6.92 Å². The summed E-state index contributed by atoms with van der Waals surface area (Å²) in [4.78, 5) is 2.54. The van der Waals surface area contributed by atoms with Crippen LogP contribution >= 0.6 is 0 Å². The van der Waals surface area contributed by atoms with Gasteiger partial charge >= 0.3 is 0 Å². The molecule has 0 fully saturated rings. The lowest BCUT2D eigenvalue weighted by atomic mass is 9.75. The predicted octanol–water partition coefficient (Wildman–Crippen LogP) is 4.34. The Morgan fingerprint density at radius 1 is 1.08 bits per heavy atom. The molecular formula is C22H27NO3. The summed E-state index contributed by atoms with van der Waals surface area (Å²) in [6.07, 6.45) is 1.77. The number of ether oxygens (including phenoxy) is 1. The Hall–Kier alpha value is -2.20. The van der Waals surface area contributed by atoms with Crippen LogP contribution in [0.1, 0.15) is 49.1 Å². The molecule has 0 spiro atoms. The van der Waals surface area contributed by atoms with E-state index in [2.05, 4.69) is 25.7 Å². The summed E-state index contributed by atoms with van der Waals surface area (Å²) in [6.45, 7) is 9.61. The van der Waals surface area contributed by atoms with Gasteiger partial charge in [-0.3, -0.25) is 4.90 Å². The van der Waals surface area contributed by atoms with Gasteiger partial charge < -0.3 is 14.9 Å². The minimum absolute atomic E-state index is 0.0367. The summed E-state index contributed by atoms with van der Waals surface area (Å²) in [6, 6.07) is 6.00. The Morgan fingerprint density at radius 2 is 1.77 bits per heavy atom. The molecule has 0 amide bonds. The van der Waals surface area contributed by atoms with Gasteiger partial charge in [0.2, 0.25) is 0 Å². The van der Waals surface area contributed by atoms with Crippen LogP contribution in [0.15, 0.2) is 18.2 Å². The molecule has 26 heavy (non-hydrogen) atoms. The van der Waals surface area contributed by atoms with E-state index in [1.807, 2.05) is 25.1 Å². The smallest absolute Gasteiger partial charge is 0.168 e. The monoisotopic (exact) mass is 353 g/mol. The Kier molecular flexibility index (Phi) is 3.74. The fourth-order valence-corrected chi connectivity index (χ4v) is 4.70. The van der Waals surface area contributed by atoms with Crippen molar-refractivity contribution in [1.82, 2.24) is 4.90 Å². The lowest BCUT2D eigenvalue weighted by Crippen LogP contribution is -2.49. The minimum Gasteiger partial charge on any atom is -0.508 e. The van der Waals surface area contributed by atoms with Crippen molar-refractivity contribution in [2.24, 2.45) is 0 Å². The fourth-order valence-electron chi connectivity index (χ4n) is 4.70. The molecule has 2 aliphatic rings. The molecular weight excluding hydrogens is 326 g/mol. The van der Waals surface area contributed by atoms with Gasteiger partial charge in [0.15, 0.2) is 11.5 Å². The van der Waals surface area contributed by atoms with Gasteiger partial charge in [-0.2, -0.15) is 0 Å². The molecule has 1 heterocycles. The highest BCUT2D eigenvalue weighted by Crippen LogP contribution is 2.54. The van der Waals surface area contributed by atoms with Gasteiger partial charge in [-0.25, -0.2) is 0 Å². The molecule has 0 saturated carbocycles. The Labute approximate surface area is 155 Å². The Morgan fingerprint density at radius 3 is 2.42 bits per heavy atom. The number of benzene rings is 2. The zero-order chi connectivity index (χ0) is 18.8. The number of aromatic hydroxyl groups is 2. The Bertz CT molecular complexity index is 895. The average Bonchev–Trinajstić information content (AvgIpc) is 2.55. The van der Waals surface area contributed by atoms with Crippen molar-refractivity contribution in [1.29, 1.82) is 0 Å². The summed E-state index contributed by atoms with van der Waals surface area (Å²) in [7, 11) is 1.61. The van der Waals surface area contributed by atoms with Crippen molar-refractivity contribution in [2.75, 3.05) is 13.7 Å². The first-order valence-electron chi connectivity index (χ1n) is 9.24. The maximum Gasteiger partial charge on any atom is 0.168 e. The minimum atomic E-state index is 0.0367. The van der Waals surface area contributed by atoms with Gasteiger partial charge in [0, 0.05) is 23.7 Å². The average molecular weight is 353 g/mol. The molecule has 0 bridgehead atoms. The van der Waals surface area contributed by atoms with E-state index in [-0.39, 0.29) is 17.3 Å². The number of hydrogen-bond acceptors (Lipinski definition) is 4. The molecule has 0 saturated heterocycles. The van der Waals surface area contributed by atoms with Gasteiger partial charge in [0.25, 0.3) is 0 Å². The fraction of sp³-hybridized carbons (Fsp3) is 0.455. The summed E-state index contributed by atoms with van der Waals surface area (Å²) < 4.78 is 5.63. The normalized spacial score (nSPS) is 19.0. The second kappa shape index (κ2) is 5.65. The molecule has 4 rings (SSSR count). The maximum absolute atomic E-state index is 10.6.